The minimum Gasteiger partial charge on any atom is -0.494 e. The van der Waals surface area contributed by atoms with Crippen LogP contribution < -0.4 is 10.3 Å². The molecule has 1 saturated heterocycles. The summed E-state index contributed by atoms with van der Waals surface area (Å²) in [4.78, 5) is 16.4. The average Bonchev–Trinajstić information content (AvgIpc) is 3.14. The molecule has 1 aromatic heterocycles. The van der Waals surface area contributed by atoms with Gasteiger partial charge in [0.15, 0.2) is 11.6 Å². The van der Waals surface area contributed by atoms with Gasteiger partial charge in [0.25, 0.3) is 5.56 Å². The van der Waals surface area contributed by atoms with E-state index in [1.165, 1.54) is 31.0 Å². The molecule has 2 aliphatic rings. The summed E-state index contributed by atoms with van der Waals surface area (Å²) in [7, 11) is 1.32. The minimum absolute atomic E-state index is 0.00778. The molecule has 0 amide bonds. The molecule has 40 heavy (non-hydrogen) atoms. The molecule has 4 nitrogen and oxygen atoms in total. The lowest BCUT2D eigenvalue weighted by molar-refractivity contribution is -0.138. The first kappa shape index (κ1) is 28.7. The molecule has 5 rings (SSSR count). The van der Waals surface area contributed by atoms with Gasteiger partial charge >= 0.3 is 6.18 Å². The van der Waals surface area contributed by atoms with Crippen molar-refractivity contribution in [3.8, 4) is 16.9 Å². The third-order valence-corrected chi connectivity index (χ3v) is 9.18. The van der Waals surface area contributed by atoms with Crippen LogP contribution in [0.2, 0.25) is 0 Å². The van der Waals surface area contributed by atoms with E-state index in [2.05, 4.69) is 4.90 Å². The Morgan fingerprint density at radius 2 is 1.70 bits per heavy atom. The molecule has 3 heterocycles. The van der Waals surface area contributed by atoms with Crippen molar-refractivity contribution in [2.75, 3.05) is 32.5 Å². The Morgan fingerprint density at radius 1 is 1.00 bits per heavy atom. The zero-order valence-electron chi connectivity index (χ0n) is 22.4. The van der Waals surface area contributed by atoms with Gasteiger partial charge in [-0.15, -0.1) is 11.8 Å². The van der Waals surface area contributed by atoms with Crippen LogP contribution in [-0.4, -0.2) is 42.0 Å². The molecule has 0 saturated carbocycles. The molecule has 0 radical (unpaired) electrons. The molecule has 0 N–H and O–H groups in total. The van der Waals surface area contributed by atoms with E-state index in [9.17, 15) is 22.4 Å². The van der Waals surface area contributed by atoms with E-state index in [0.29, 0.717) is 28.5 Å². The molecular weight excluding hydrogens is 547 g/mol. The van der Waals surface area contributed by atoms with Gasteiger partial charge in [-0.2, -0.15) is 13.2 Å². The fourth-order valence-corrected chi connectivity index (χ4v) is 7.26. The van der Waals surface area contributed by atoms with Gasteiger partial charge in [-0.05, 0) is 62.2 Å². The number of rotatable bonds is 6. The maximum Gasteiger partial charge on any atom is 0.416 e. The fraction of sp³-hybridized carbons (Fsp3) is 0.433. The van der Waals surface area contributed by atoms with Crippen LogP contribution in [0.25, 0.3) is 11.1 Å². The van der Waals surface area contributed by atoms with Gasteiger partial charge in [0.1, 0.15) is 5.82 Å². The summed E-state index contributed by atoms with van der Waals surface area (Å²) in [5, 5.41) is 0.519. The Morgan fingerprint density at radius 3 is 2.38 bits per heavy atom. The summed E-state index contributed by atoms with van der Waals surface area (Å²) >= 11 is 1.39. The summed E-state index contributed by atoms with van der Waals surface area (Å²) in [5.74, 6) is -1.20. The quantitative estimate of drug-likeness (QED) is 0.289. The SMILES string of the molecule is COc1cccc(-c2c(C)c(Cc3c(F)cccc3C(F)(F)F)c3n(c2=O)C(CN2CCCCCC2)CS3)c1F. The Balaban J connectivity index is 1.71. The second kappa shape index (κ2) is 11.6. The van der Waals surface area contributed by atoms with Crippen molar-refractivity contribution in [2.24, 2.45) is 0 Å². The summed E-state index contributed by atoms with van der Waals surface area (Å²) in [6.45, 7) is 4.02. The molecule has 2 aliphatic heterocycles. The summed E-state index contributed by atoms with van der Waals surface area (Å²) in [5.41, 5.74) is -1.16. The molecular formula is C30H31F5N2O2S. The van der Waals surface area contributed by atoms with E-state index in [1.807, 2.05) is 0 Å². The number of likely N-dealkylation sites (tertiary alicyclic amines) is 1. The van der Waals surface area contributed by atoms with E-state index < -0.39 is 34.5 Å². The number of hydrogen-bond acceptors (Lipinski definition) is 4. The van der Waals surface area contributed by atoms with Crippen molar-refractivity contribution >= 4 is 11.8 Å². The van der Waals surface area contributed by atoms with E-state index in [1.54, 1.807) is 17.6 Å². The lowest BCUT2D eigenvalue weighted by atomic mass is 9.92. The number of alkyl halides is 3. The van der Waals surface area contributed by atoms with Gasteiger partial charge in [-0.25, -0.2) is 8.78 Å². The average molecular weight is 579 g/mol. The Labute approximate surface area is 234 Å². The summed E-state index contributed by atoms with van der Waals surface area (Å²) < 4.78 is 79.0. The largest absolute Gasteiger partial charge is 0.494 e. The standard InChI is InChI=1S/C30H31F5N2O2S/c1-18-21(15-22-23(30(33,34)35)10-8-11-24(22)31)29-37(19(17-40-29)16-36-13-5-3-4-6-14-36)28(38)26(18)20-9-7-12-25(39-2)27(20)32/h7-12,19H,3-6,13-17H2,1-2H3. The molecule has 1 unspecified atom stereocenters. The van der Waals surface area contributed by atoms with Crippen LogP contribution in [0.4, 0.5) is 22.0 Å². The van der Waals surface area contributed by atoms with E-state index in [0.717, 1.165) is 57.0 Å². The lowest BCUT2D eigenvalue weighted by Gasteiger charge is -2.26. The van der Waals surface area contributed by atoms with Crippen LogP contribution in [0.15, 0.2) is 46.2 Å². The highest BCUT2D eigenvalue weighted by Gasteiger charge is 2.37. The highest BCUT2D eigenvalue weighted by molar-refractivity contribution is 7.99. The maximum absolute atomic E-state index is 15.5. The minimum atomic E-state index is -4.76. The molecule has 3 aromatic rings. The van der Waals surface area contributed by atoms with E-state index in [-0.39, 0.29) is 29.3 Å². The van der Waals surface area contributed by atoms with Crippen LogP contribution in [0.5, 0.6) is 5.75 Å². The molecule has 1 atom stereocenters. The second-order valence-electron chi connectivity index (χ2n) is 10.4. The van der Waals surface area contributed by atoms with Gasteiger partial charge in [0, 0.05) is 29.8 Å². The van der Waals surface area contributed by atoms with Crippen LogP contribution in [0.3, 0.4) is 0 Å². The number of fused-ring (bicyclic) bond motifs is 1. The molecule has 0 spiro atoms. The molecule has 2 aromatic carbocycles. The van der Waals surface area contributed by atoms with Crippen molar-refractivity contribution in [1.82, 2.24) is 9.47 Å². The van der Waals surface area contributed by atoms with Crippen molar-refractivity contribution in [3.05, 3.63) is 80.6 Å². The van der Waals surface area contributed by atoms with Crippen molar-refractivity contribution in [1.29, 1.82) is 0 Å². The predicted molar refractivity (Wildman–Crippen MR) is 146 cm³/mol. The first-order chi connectivity index (χ1) is 19.1. The molecule has 10 heteroatoms. The fourth-order valence-electron chi connectivity index (χ4n) is 5.89. The van der Waals surface area contributed by atoms with Gasteiger partial charge in [0.2, 0.25) is 0 Å². The van der Waals surface area contributed by atoms with Crippen LogP contribution in [0, 0.1) is 18.6 Å². The number of thioether (sulfide) groups is 1. The second-order valence-corrected chi connectivity index (χ2v) is 11.4. The lowest BCUT2D eigenvalue weighted by Crippen LogP contribution is -2.36. The number of nitrogens with zero attached hydrogens (tertiary/aromatic N) is 2. The molecule has 214 valence electrons. The predicted octanol–water partition coefficient (Wildman–Crippen LogP) is 7.24. The topological polar surface area (TPSA) is 34.5 Å². The van der Waals surface area contributed by atoms with E-state index >= 15 is 4.39 Å². The van der Waals surface area contributed by atoms with Crippen LogP contribution in [-0.2, 0) is 12.6 Å². The van der Waals surface area contributed by atoms with Gasteiger partial charge in [-0.1, -0.05) is 31.0 Å². The number of ether oxygens (including phenoxy) is 1. The highest BCUT2D eigenvalue weighted by atomic mass is 32.2. The number of benzene rings is 2. The number of aromatic nitrogens is 1. The maximum atomic E-state index is 15.5. The monoisotopic (exact) mass is 578 g/mol. The van der Waals surface area contributed by atoms with Crippen LogP contribution >= 0.6 is 11.8 Å². The van der Waals surface area contributed by atoms with Gasteiger partial charge in [-0.3, -0.25) is 9.36 Å². The zero-order chi connectivity index (χ0) is 28.6. The molecule has 0 aliphatic carbocycles. The van der Waals surface area contributed by atoms with Crippen molar-refractivity contribution in [3.63, 3.8) is 0 Å². The van der Waals surface area contributed by atoms with Gasteiger partial charge in [0.05, 0.1) is 29.3 Å². The number of halogens is 5. The van der Waals surface area contributed by atoms with Crippen molar-refractivity contribution in [2.45, 2.75) is 56.3 Å². The first-order valence-electron chi connectivity index (χ1n) is 13.4. The third-order valence-electron chi connectivity index (χ3n) is 7.91. The highest BCUT2D eigenvalue weighted by Crippen LogP contribution is 2.42. The Bertz CT molecular complexity index is 1460. The normalized spacial score (nSPS) is 18.0. The van der Waals surface area contributed by atoms with Crippen LogP contribution in [0.1, 0.15) is 54.0 Å². The van der Waals surface area contributed by atoms with E-state index in [4.69, 9.17) is 4.74 Å². The smallest absolute Gasteiger partial charge is 0.416 e. The third kappa shape index (κ3) is 5.40. The summed E-state index contributed by atoms with van der Waals surface area (Å²) in [6, 6.07) is 7.13. The first-order valence-corrected chi connectivity index (χ1v) is 14.4. The Hall–Kier alpha value is -2.85. The number of methoxy groups -OCH3 is 1. The number of pyridine rings is 1. The number of hydrogen-bond donors (Lipinski definition) is 0. The van der Waals surface area contributed by atoms with Crippen molar-refractivity contribution < 1.29 is 26.7 Å². The summed E-state index contributed by atoms with van der Waals surface area (Å²) in [6.07, 6.45) is -0.711. The molecule has 0 bridgehead atoms. The Kier molecular flexibility index (Phi) is 8.29. The molecule has 1 fully saturated rings. The van der Waals surface area contributed by atoms with Gasteiger partial charge < -0.3 is 9.64 Å². The zero-order valence-corrected chi connectivity index (χ0v) is 23.2.